The van der Waals surface area contributed by atoms with Crippen molar-refractivity contribution in [1.29, 1.82) is 0 Å². The van der Waals surface area contributed by atoms with Crippen molar-refractivity contribution in [2.75, 3.05) is 0 Å². The molecule has 4 heteroatoms. The Morgan fingerprint density at radius 2 is 2.25 bits per heavy atom. The Morgan fingerprint density at radius 1 is 1.50 bits per heavy atom. The van der Waals surface area contributed by atoms with Crippen LogP contribution in [0.25, 0.3) is 0 Å². The van der Waals surface area contributed by atoms with E-state index in [0.717, 1.165) is 24.8 Å². The van der Waals surface area contributed by atoms with Crippen molar-refractivity contribution in [1.82, 2.24) is 5.32 Å². The van der Waals surface area contributed by atoms with Gasteiger partial charge in [0.15, 0.2) is 0 Å². The number of hydrogen-bond acceptors (Lipinski definition) is 2. The van der Waals surface area contributed by atoms with Crippen molar-refractivity contribution in [3.8, 4) is 0 Å². The molecule has 1 aliphatic carbocycles. The van der Waals surface area contributed by atoms with Crippen molar-refractivity contribution in [2.45, 2.75) is 46.2 Å². The molecule has 1 unspecified atom stereocenters. The number of rotatable bonds is 4. The maximum Gasteiger partial charge on any atom is 0.223 e. The molecule has 0 heterocycles. The van der Waals surface area contributed by atoms with Gasteiger partial charge in [-0.25, -0.2) is 4.39 Å². The summed E-state index contributed by atoms with van der Waals surface area (Å²) in [6, 6.07) is 4.92. The van der Waals surface area contributed by atoms with Crippen LogP contribution in [0.15, 0.2) is 18.2 Å². The van der Waals surface area contributed by atoms with E-state index in [-0.39, 0.29) is 29.6 Å². The summed E-state index contributed by atoms with van der Waals surface area (Å²) >= 11 is 0. The second kappa shape index (κ2) is 5.92. The first-order chi connectivity index (χ1) is 9.44. The second-order valence-electron chi connectivity index (χ2n) is 6.28. The van der Waals surface area contributed by atoms with E-state index in [9.17, 15) is 9.18 Å². The lowest BCUT2D eigenvalue weighted by molar-refractivity contribution is -0.127. The molecule has 0 aromatic heterocycles. The lowest BCUT2D eigenvalue weighted by Gasteiger charge is -2.25. The molecule has 1 aliphatic rings. The third-order valence-corrected chi connectivity index (χ3v) is 4.38. The molecule has 20 heavy (non-hydrogen) atoms. The van der Waals surface area contributed by atoms with Crippen molar-refractivity contribution in [2.24, 2.45) is 17.1 Å². The summed E-state index contributed by atoms with van der Waals surface area (Å²) in [6.45, 7) is 4.81. The molecule has 0 spiro atoms. The molecule has 1 fully saturated rings. The first kappa shape index (κ1) is 15.0. The molecule has 1 saturated carbocycles. The van der Waals surface area contributed by atoms with Gasteiger partial charge in [0.1, 0.15) is 5.82 Å². The molecular formula is C16H23FN2O. The molecule has 0 bridgehead atoms. The van der Waals surface area contributed by atoms with Crippen LogP contribution in [0.5, 0.6) is 0 Å². The second-order valence-corrected chi connectivity index (χ2v) is 6.28. The average molecular weight is 278 g/mol. The predicted molar refractivity (Wildman–Crippen MR) is 77.3 cm³/mol. The van der Waals surface area contributed by atoms with Gasteiger partial charge in [0, 0.05) is 24.6 Å². The summed E-state index contributed by atoms with van der Waals surface area (Å²) in [4.78, 5) is 12.2. The zero-order valence-electron chi connectivity index (χ0n) is 12.2. The Balaban J connectivity index is 1.97. The van der Waals surface area contributed by atoms with Gasteiger partial charge < -0.3 is 11.1 Å². The molecule has 1 amide bonds. The summed E-state index contributed by atoms with van der Waals surface area (Å²) in [6.07, 6.45) is 3.09. The number of halogens is 1. The molecule has 3 N–H and O–H groups in total. The fourth-order valence-electron chi connectivity index (χ4n) is 2.98. The summed E-state index contributed by atoms with van der Waals surface area (Å²) in [5.41, 5.74) is 6.78. The first-order valence-corrected chi connectivity index (χ1v) is 7.19. The SMILES string of the molecule is CC1(C)CCCC1C(=O)NCc1ccc(CN)cc1F. The number of amides is 1. The van der Waals surface area contributed by atoms with Gasteiger partial charge in [-0.2, -0.15) is 0 Å². The highest BCUT2D eigenvalue weighted by atomic mass is 19.1. The molecular weight excluding hydrogens is 255 g/mol. The van der Waals surface area contributed by atoms with Crippen LogP contribution in [0.3, 0.4) is 0 Å². The molecule has 110 valence electrons. The van der Waals surface area contributed by atoms with Crippen molar-refractivity contribution in [3.63, 3.8) is 0 Å². The Hall–Kier alpha value is -1.42. The van der Waals surface area contributed by atoms with Crippen molar-refractivity contribution >= 4 is 5.91 Å². The average Bonchev–Trinajstić information content (AvgIpc) is 2.76. The van der Waals surface area contributed by atoms with Gasteiger partial charge in [0.2, 0.25) is 5.91 Å². The number of carbonyl (C=O) groups is 1. The van der Waals surface area contributed by atoms with E-state index in [0.29, 0.717) is 12.1 Å². The summed E-state index contributed by atoms with van der Waals surface area (Å²) in [5.74, 6) is -0.234. The highest BCUT2D eigenvalue weighted by Gasteiger charge is 2.39. The molecule has 1 atom stereocenters. The smallest absolute Gasteiger partial charge is 0.223 e. The van der Waals surface area contributed by atoms with Crippen LogP contribution < -0.4 is 11.1 Å². The zero-order valence-corrected chi connectivity index (χ0v) is 12.2. The van der Waals surface area contributed by atoms with E-state index in [1.54, 1.807) is 12.1 Å². The van der Waals surface area contributed by atoms with Crippen molar-refractivity contribution < 1.29 is 9.18 Å². The van der Waals surface area contributed by atoms with Gasteiger partial charge in [-0.1, -0.05) is 32.4 Å². The first-order valence-electron chi connectivity index (χ1n) is 7.19. The van der Waals surface area contributed by atoms with Gasteiger partial charge in [-0.3, -0.25) is 4.79 Å². The zero-order chi connectivity index (χ0) is 14.8. The monoisotopic (exact) mass is 278 g/mol. The Morgan fingerprint density at radius 3 is 2.80 bits per heavy atom. The highest BCUT2D eigenvalue weighted by molar-refractivity contribution is 5.79. The molecule has 0 saturated heterocycles. The standard InChI is InChI=1S/C16H23FN2O/c1-16(2)7-3-4-13(16)15(20)19-10-12-6-5-11(9-18)8-14(12)17/h5-6,8,13H,3-4,7,9-10,18H2,1-2H3,(H,19,20). The van der Waals surface area contributed by atoms with Gasteiger partial charge in [0.25, 0.3) is 0 Å². The van der Waals surface area contributed by atoms with Crippen molar-refractivity contribution in [3.05, 3.63) is 35.1 Å². The van der Waals surface area contributed by atoms with E-state index in [2.05, 4.69) is 19.2 Å². The van der Waals surface area contributed by atoms with E-state index >= 15 is 0 Å². The van der Waals surface area contributed by atoms with Gasteiger partial charge >= 0.3 is 0 Å². The number of nitrogens with one attached hydrogen (secondary N) is 1. The maximum absolute atomic E-state index is 13.8. The van der Waals surface area contributed by atoms with Crippen LogP contribution in [0.2, 0.25) is 0 Å². The topological polar surface area (TPSA) is 55.1 Å². The molecule has 0 aliphatic heterocycles. The van der Waals surface area contributed by atoms with Crippen LogP contribution in [-0.4, -0.2) is 5.91 Å². The number of nitrogens with two attached hydrogens (primary N) is 1. The van der Waals surface area contributed by atoms with Crippen LogP contribution in [0.1, 0.15) is 44.2 Å². The van der Waals surface area contributed by atoms with E-state index in [4.69, 9.17) is 5.73 Å². The highest BCUT2D eigenvalue weighted by Crippen LogP contribution is 2.42. The van der Waals surface area contributed by atoms with Gasteiger partial charge in [-0.15, -0.1) is 0 Å². The quantitative estimate of drug-likeness (QED) is 0.889. The fraction of sp³-hybridized carbons (Fsp3) is 0.562. The van der Waals surface area contributed by atoms with Gasteiger partial charge in [-0.05, 0) is 29.9 Å². The van der Waals surface area contributed by atoms with E-state index in [1.165, 1.54) is 6.07 Å². The Kier molecular flexibility index (Phi) is 4.43. The Labute approximate surface area is 119 Å². The van der Waals surface area contributed by atoms with Gasteiger partial charge in [0.05, 0.1) is 0 Å². The van der Waals surface area contributed by atoms with Crippen LogP contribution in [0.4, 0.5) is 4.39 Å². The molecule has 3 nitrogen and oxygen atoms in total. The summed E-state index contributed by atoms with van der Waals surface area (Å²) in [7, 11) is 0. The minimum atomic E-state index is -0.307. The lowest BCUT2D eigenvalue weighted by atomic mass is 9.81. The molecule has 1 aromatic rings. The van der Waals surface area contributed by atoms with Crippen LogP contribution in [0, 0.1) is 17.2 Å². The molecule has 0 radical (unpaired) electrons. The normalized spacial score (nSPS) is 20.9. The maximum atomic E-state index is 13.8. The van der Waals surface area contributed by atoms with Crippen LogP contribution >= 0.6 is 0 Å². The number of benzene rings is 1. The molecule has 2 rings (SSSR count). The van der Waals surface area contributed by atoms with E-state index in [1.807, 2.05) is 0 Å². The third-order valence-electron chi connectivity index (χ3n) is 4.38. The lowest BCUT2D eigenvalue weighted by Crippen LogP contribution is -2.35. The van der Waals surface area contributed by atoms with E-state index < -0.39 is 0 Å². The number of hydrogen-bond donors (Lipinski definition) is 2. The minimum absolute atomic E-state index is 0.0360. The molecule has 1 aromatic carbocycles. The fourth-order valence-corrected chi connectivity index (χ4v) is 2.98. The summed E-state index contributed by atoms with van der Waals surface area (Å²) in [5, 5.41) is 2.86. The largest absolute Gasteiger partial charge is 0.352 e. The third kappa shape index (κ3) is 3.18. The predicted octanol–water partition coefficient (Wildman–Crippen LogP) is 2.73. The number of carbonyl (C=O) groups excluding carboxylic acids is 1. The van der Waals surface area contributed by atoms with Crippen LogP contribution in [-0.2, 0) is 17.9 Å². The minimum Gasteiger partial charge on any atom is -0.352 e. The summed E-state index contributed by atoms with van der Waals surface area (Å²) < 4.78 is 13.8. The Bertz CT molecular complexity index is 499.